The van der Waals surface area contributed by atoms with Crippen LogP contribution >= 0.6 is 0 Å². The van der Waals surface area contributed by atoms with Gasteiger partial charge in [-0.25, -0.2) is 17.6 Å². The van der Waals surface area contributed by atoms with Crippen molar-refractivity contribution in [1.82, 2.24) is 0 Å². The van der Waals surface area contributed by atoms with E-state index in [2.05, 4.69) is 0 Å². The van der Waals surface area contributed by atoms with Gasteiger partial charge in [-0.05, 0) is 91.3 Å². The van der Waals surface area contributed by atoms with Crippen molar-refractivity contribution >= 4 is 6.08 Å². The van der Waals surface area contributed by atoms with Crippen LogP contribution in [0, 0.1) is 23.3 Å². The quantitative estimate of drug-likeness (QED) is 0.368. The van der Waals surface area contributed by atoms with Crippen LogP contribution < -0.4 is 0 Å². The van der Waals surface area contributed by atoms with Crippen molar-refractivity contribution in [3.8, 4) is 0 Å². The molecule has 0 radical (unpaired) electrons. The summed E-state index contributed by atoms with van der Waals surface area (Å²) in [7, 11) is 0. The van der Waals surface area contributed by atoms with Crippen LogP contribution in [-0.2, 0) is 0 Å². The molecule has 0 spiro atoms. The minimum absolute atomic E-state index is 0.0579. The summed E-state index contributed by atoms with van der Waals surface area (Å²) in [5.41, 5.74) is 0.296. The van der Waals surface area contributed by atoms with Gasteiger partial charge in [0.15, 0.2) is 0 Å². The molecule has 0 heterocycles. The molecule has 1 fully saturated rings. The van der Waals surface area contributed by atoms with Crippen molar-refractivity contribution in [2.45, 2.75) is 76.3 Å². The Balaban J connectivity index is 1.73. The fourth-order valence-electron chi connectivity index (χ4n) is 4.77. The largest absolute Gasteiger partial charge is 0.409 e. The average Bonchev–Trinajstić information content (AvgIpc) is 2.72. The minimum Gasteiger partial charge on any atom is -0.207 e. The molecule has 0 bridgehead atoms. The topological polar surface area (TPSA) is 0 Å². The molecule has 2 aromatic rings. The molecule has 1 aliphatic rings. The zero-order valence-electron chi connectivity index (χ0n) is 18.6. The molecule has 0 nitrogen and oxygen atoms in total. The van der Waals surface area contributed by atoms with Crippen LogP contribution in [0.2, 0.25) is 0 Å². The summed E-state index contributed by atoms with van der Waals surface area (Å²) in [5.74, 6) is -3.77. The second-order valence-electron chi connectivity index (χ2n) is 8.91. The lowest BCUT2D eigenvalue weighted by atomic mass is 9.75. The predicted octanol–water partition coefficient (Wildman–Crippen LogP) is 9.16. The van der Waals surface area contributed by atoms with Gasteiger partial charge in [0.25, 0.3) is 0 Å². The number of allylic oxidation sites excluding steroid dienone is 1. The Hall–Kier alpha value is -2.31. The van der Waals surface area contributed by atoms with Crippen molar-refractivity contribution in [2.24, 2.45) is 0 Å². The molecule has 180 valence electrons. The van der Waals surface area contributed by atoms with Gasteiger partial charge in [-0.1, -0.05) is 20.3 Å². The fraction of sp³-hybridized carbons (Fsp3) is 0.462. The molecular weight excluding hydrogens is 445 g/mol. The second kappa shape index (κ2) is 10.3. The first-order chi connectivity index (χ1) is 15.5. The van der Waals surface area contributed by atoms with Crippen LogP contribution in [0.3, 0.4) is 0 Å². The lowest BCUT2D eigenvalue weighted by molar-refractivity contribution is -0.0790. The van der Waals surface area contributed by atoms with Gasteiger partial charge in [0.2, 0.25) is 0 Å². The molecule has 1 aliphatic carbocycles. The lowest BCUT2D eigenvalue weighted by Crippen LogP contribution is -2.15. The highest BCUT2D eigenvalue weighted by atomic mass is 19.4. The molecule has 0 N–H and O–H groups in total. The van der Waals surface area contributed by atoms with Gasteiger partial charge in [-0.2, -0.15) is 13.2 Å². The molecule has 2 aromatic carbocycles. The Morgan fingerprint density at radius 3 is 1.85 bits per heavy atom. The van der Waals surface area contributed by atoms with E-state index in [-0.39, 0.29) is 29.4 Å². The number of hydrogen-bond acceptors (Lipinski definition) is 0. The molecule has 3 rings (SSSR count). The summed E-state index contributed by atoms with van der Waals surface area (Å²) in [6.45, 7) is 3.95. The molecule has 0 unspecified atom stereocenters. The lowest BCUT2D eigenvalue weighted by Gasteiger charge is -2.30. The summed E-state index contributed by atoms with van der Waals surface area (Å²) in [5, 5.41) is 0. The monoisotopic (exact) mass is 472 g/mol. The van der Waals surface area contributed by atoms with Crippen LogP contribution in [0.5, 0.6) is 0 Å². The summed E-state index contributed by atoms with van der Waals surface area (Å²) in [6.07, 6.45) is -0.936. The first-order valence-electron chi connectivity index (χ1n) is 11.2. The maximum Gasteiger partial charge on any atom is 0.409 e. The van der Waals surface area contributed by atoms with E-state index in [0.29, 0.717) is 42.9 Å². The molecular formula is C26H27F7. The maximum absolute atomic E-state index is 14.8. The van der Waals surface area contributed by atoms with Crippen molar-refractivity contribution in [3.63, 3.8) is 0 Å². The maximum atomic E-state index is 14.8. The van der Waals surface area contributed by atoms with Crippen LogP contribution in [0.4, 0.5) is 30.7 Å². The highest BCUT2D eigenvalue weighted by Gasteiger charge is 2.29. The van der Waals surface area contributed by atoms with Crippen LogP contribution in [0.25, 0.3) is 6.08 Å². The Morgan fingerprint density at radius 2 is 1.36 bits per heavy atom. The van der Waals surface area contributed by atoms with Crippen molar-refractivity contribution in [3.05, 3.63) is 75.9 Å². The van der Waals surface area contributed by atoms with E-state index in [1.165, 1.54) is 12.1 Å². The first kappa shape index (κ1) is 25.3. The molecule has 0 amide bonds. The molecule has 1 atom stereocenters. The third kappa shape index (κ3) is 6.18. The standard InChI is InChI=1S/C26H27F7/c1-3-4-15(2)18-11-23(29)25(24(30)12-18)17-7-5-16(6-8-17)19-13-21(27)20(22(28)14-19)9-10-26(31,32)33/h9-17H,3-8H2,1-2H3/b10-9+/t15-,16?,17?/m0/s1. The van der Waals surface area contributed by atoms with E-state index in [0.717, 1.165) is 25.0 Å². The third-order valence-electron chi connectivity index (χ3n) is 6.54. The van der Waals surface area contributed by atoms with Crippen LogP contribution in [-0.4, -0.2) is 6.18 Å². The van der Waals surface area contributed by atoms with E-state index < -0.39 is 35.0 Å². The molecule has 7 heteroatoms. The summed E-state index contributed by atoms with van der Waals surface area (Å²) >= 11 is 0. The van der Waals surface area contributed by atoms with Gasteiger partial charge in [0.1, 0.15) is 23.3 Å². The SMILES string of the molecule is CCC[C@H](C)c1cc(F)c(C2CCC(c3cc(F)c(/C=C/C(F)(F)F)c(F)c3)CC2)c(F)c1. The smallest absolute Gasteiger partial charge is 0.207 e. The Morgan fingerprint density at radius 1 is 0.848 bits per heavy atom. The van der Waals surface area contributed by atoms with Gasteiger partial charge < -0.3 is 0 Å². The van der Waals surface area contributed by atoms with Gasteiger partial charge in [0.05, 0.1) is 0 Å². The van der Waals surface area contributed by atoms with Gasteiger partial charge >= 0.3 is 6.18 Å². The third-order valence-corrected chi connectivity index (χ3v) is 6.54. The first-order valence-corrected chi connectivity index (χ1v) is 11.2. The van der Waals surface area contributed by atoms with E-state index >= 15 is 0 Å². The van der Waals surface area contributed by atoms with E-state index in [9.17, 15) is 30.7 Å². The van der Waals surface area contributed by atoms with E-state index in [4.69, 9.17) is 0 Å². The van der Waals surface area contributed by atoms with Crippen LogP contribution in [0.15, 0.2) is 30.3 Å². The summed E-state index contributed by atoms with van der Waals surface area (Å²) < 4.78 is 95.1. The number of halogens is 7. The molecule has 0 aliphatic heterocycles. The summed E-state index contributed by atoms with van der Waals surface area (Å²) in [6, 6.07) is 4.91. The Labute approximate surface area is 189 Å². The molecule has 1 saturated carbocycles. The summed E-state index contributed by atoms with van der Waals surface area (Å²) in [4.78, 5) is 0. The predicted molar refractivity (Wildman–Crippen MR) is 115 cm³/mol. The van der Waals surface area contributed by atoms with Crippen molar-refractivity contribution < 1.29 is 30.7 Å². The number of benzene rings is 2. The number of alkyl halides is 3. The van der Waals surface area contributed by atoms with Crippen LogP contribution in [0.1, 0.15) is 92.4 Å². The zero-order chi connectivity index (χ0) is 24.3. The molecule has 33 heavy (non-hydrogen) atoms. The van der Waals surface area contributed by atoms with Crippen molar-refractivity contribution in [1.29, 1.82) is 0 Å². The number of hydrogen-bond donors (Lipinski definition) is 0. The average molecular weight is 472 g/mol. The normalized spacial score (nSPS) is 20.4. The second-order valence-corrected chi connectivity index (χ2v) is 8.91. The van der Waals surface area contributed by atoms with Crippen molar-refractivity contribution in [2.75, 3.05) is 0 Å². The van der Waals surface area contributed by atoms with Gasteiger partial charge in [-0.3, -0.25) is 0 Å². The minimum atomic E-state index is -4.67. The highest BCUT2D eigenvalue weighted by molar-refractivity contribution is 5.52. The Kier molecular flexibility index (Phi) is 7.91. The van der Waals surface area contributed by atoms with Gasteiger partial charge in [0, 0.05) is 17.2 Å². The van der Waals surface area contributed by atoms with Gasteiger partial charge in [-0.15, -0.1) is 0 Å². The number of rotatable bonds is 6. The molecule has 0 aromatic heterocycles. The Bertz CT molecular complexity index is 952. The highest BCUT2D eigenvalue weighted by Crippen LogP contribution is 2.43. The van der Waals surface area contributed by atoms with E-state index in [1.807, 2.05) is 13.8 Å². The van der Waals surface area contributed by atoms with E-state index in [1.54, 1.807) is 0 Å². The zero-order valence-corrected chi connectivity index (χ0v) is 18.6. The fourth-order valence-corrected chi connectivity index (χ4v) is 4.77. The molecule has 0 saturated heterocycles.